The van der Waals surface area contributed by atoms with Gasteiger partial charge in [-0.1, -0.05) is 6.92 Å². The molecule has 1 unspecified atom stereocenters. The molecular formula is C13H22N2O2S2. The van der Waals surface area contributed by atoms with Crippen molar-refractivity contribution < 1.29 is 8.42 Å². The zero-order valence-corrected chi connectivity index (χ0v) is 13.3. The van der Waals surface area contributed by atoms with Gasteiger partial charge >= 0.3 is 0 Å². The van der Waals surface area contributed by atoms with Crippen molar-refractivity contribution in [3.63, 3.8) is 0 Å². The molecule has 0 saturated carbocycles. The van der Waals surface area contributed by atoms with Crippen molar-refractivity contribution >= 4 is 27.5 Å². The molecule has 0 aliphatic rings. The van der Waals surface area contributed by atoms with Crippen molar-refractivity contribution in [2.45, 2.75) is 38.1 Å². The molecule has 4 nitrogen and oxygen atoms in total. The van der Waals surface area contributed by atoms with Crippen LogP contribution in [0.5, 0.6) is 0 Å². The second kappa shape index (κ2) is 7.17. The molecule has 1 rings (SSSR count). The lowest BCUT2D eigenvalue weighted by atomic mass is 10.2. The van der Waals surface area contributed by atoms with Crippen molar-refractivity contribution in [2.24, 2.45) is 0 Å². The van der Waals surface area contributed by atoms with E-state index in [9.17, 15) is 8.42 Å². The van der Waals surface area contributed by atoms with Gasteiger partial charge < -0.3 is 5.73 Å². The Morgan fingerprint density at radius 3 is 2.68 bits per heavy atom. The van der Waals surface area contributed by atoms with E-state index in [2.05, 4.69) is 11.6 Å². The number of rotatable bonds is 7. The molecule has 6 heteroatoms. The van der Waals surface area contributed by atoms with E-state index >= 15 is 0 Å². The van der Waals surface area contributed by atoms with E-state index in [1.54, 1.807) is 19.1 Å². The molecule has 19 heavy (non-hydrogen) atoms. The lowest BCUT2D eigenvalue weighted by Gasteiger charge is -2.14. The normalized spacial score (nSPS) is 13.4. The predicted octanol–water partition coefficient (Wildman–Crippen LogP) is 2.39. The van der Waals surface area contributed by atoms with Crippen LogP contribution >= 0.6 is 11.8 Å². The Balaban J connectivity index is 2.72. The largest absolute Gasteiger partial charge is 0.399 e. The lowest BCUT2D eigenvalue weighted by Crippen LogP contribution is -2.33. The van der Waals surface area contributed by atoms with Gasteiger partial charge in [-0.3, -0.25) is 0 Å². The number of aryl methyl sites for hydroxylation is 1. The van der Waals surface area contributed by atoms with Crippen LogP contribution in [0.4, 0.5) is 5.69 Å². The number of hydrogen-bond donors (Lipinski definition) is 2. The zero-order valence-electron chi connectivity index (χ0n) is 11.6. The fourth-order valence-corrected chi connectivity index (χ4v) is 3.78. The Kier molecular flexibility index (Phi) is 6.16. The number of sulfonamides is 1. The van der Waals surface area contributed by atoms with Crippen LogP contribution in [0.1, 0.15) is 25.8 Å². The standard InChI is InChI=1S/C13H22N2O2S2/c1-4-18-8-7-11(3)15-19(16,17)12-5-6-13(14)10(2)9-12/h5-6,9,11,15H,4,7-8,14H2,1-3H3. The highest BCUT2D eigenvalue weighted by Crippen LogP contribution is 2.17. The maximum Gasteiger partial charge on any atom is 0.240 e. The third-order valence-corrected chi connectivity index (χ3v) is 5.33. The summed E-state index contributed by atoms with van der Waals surface area (Å²) >= 11 is 1.81. The molecule has 0 aromatic heterocycles. The summed E-state index contributed by atoms with van der Waals surface area (Å²) in [4.78, 5) is 0.272. The molecule has 0 spiro atoms. The molecule has 108 valence electrons. The van der Waals surface area contributed by atoms with E-state index in [0.29, 0.717) is 5.69 Å². The number of nitrogens with one attached hydrogen (secondary N) is 1. The van der Waals surface area contributed by atoms with Crippen molar-refractivity contribution in [1.82, 2.24) is 4.72 Å². The van der Waals surface area contributed by atoms with E-state index < -0.39 is 10.0 Å². The van der Waals surface area contributed by atoms with Crippen LogP contribution in [0, 0.1) is 6.92 Å². The molecule has 0 bridgehead atoms. The quantitative estimate of drug-likeness (QED) is 0.599. The molecule has 0 aliphatic heterocycles. The van der Waals surface area contributed by atoms with Crippen LogP contribution in [0.3, 0.4) is 0 Å². The maximum absolute atomic E-state index is 12.2. The third kappa shape index (κ3) is 5.04. The average Bonchev–Trinajstić information content (AvgIpc) is 2.32. The smallest absolute Gasteiger partial charge is 0.240 e. The molecular weight excluding hydrogens is 280 g/mol. The first kappa shape index (κ1) is 16.3. The number of nitrogen functional groups attached to an aromatic ring is 1. The van der Waals surface area contributed by atoms with Gasteiger partial charge in [0.2, 0.25) is 10.0 Å². The minimum Gasteiger partial charge on any atom is -0.399 e. The van der Waals surface area contributed by atoms with Gasteiger partial charge in [-0.05, 0) is 55.5 Å². The number of nitrogens with two attached hydrogens (primary N) is 1. The number of thioether (sulfide) groups is 1. The van der Waals surface area contributed by atoms with E-state index in [4.69, 9.17) is 5.73 Å². The summed E-state index contributed by atoms with van der Waals surface area (Å²) in [7, 11) is -3.45. The maximum atomic E-state index is 12.2. The van der Waals surface area contributed by atoms with Crippen LogP contribution in [-0.4, -0.2) is 26.0 Å². The van der Waals surface area contributed by atoms with Crippen molar-refractivity contribution in [3.05, 3.63) is 23.8 Å². The van der Waals surface area contributed by atoms with Crippen LogP contribution in [-0.2, 0) is 10.0 Å². The van der Waals surface area contributed by atoms with Crippen molar-refractivity contribution in [1.29, 1.82) is 0 Å². The predicted molar refractivity (Wildman–Crippen MR) is 83.0 cm³/mol. The van der Waals surface area contributed by atoms with Gasteiger partial charge in [0.15, 0.2) is 0 Å². The van der Waals surface area contributed by atoms with Gasteiger partial charge in [-0.2, -0.15) is 11.8 Å². The highest BCUT2D eigenvalue weighted by atomic mass is 32.2. The summed E-state index contributed by atoms with van der Waals surface area (Å²) in [6.45, 7) is 5.78. The van der Waals surface area contributed by atoms with Gasteiger partial charge in [-0.25, -0.2) is 13.1 Å². The summed E-state index contributed by atoms with van der Waals surface area (Å²) in [6.07, 6.45) is 0.825. The molecule has 0 fully saturated rings. The Hall–Kier alpha value is -0.720. The van der Waals surface area contributed by atoms with Crippen LogP contribution in [0.25, 0.3) is 0 Å². The minimum atomic E-state index is -3.45. The monoisotopic (exact) mass is 302 g/mol. The fraction of sp³-hybridized carbons (Fsp3) is 0.538. The molecule has 1 aromatic rings. The van der Waals surface area contributed by atoms with Gasteiger partial charge in [0.1, 0.15) is 0 Å². The molecule has 0 saturated heterocycles. The lowest BCUT2D eigenvalue weighted by molar-refractivity contribution is 0.557. The Morgan fingerprint density at radius 2 is 2.11 bits per heavy atom. The molecule has 0 radical (unpaired) electrons. The summed E-state index contributed by atoms with van der Waals surface area (Å²) < 4.78 is 27.1. The van der Waals surface area contributed by atoms with E-state index in [0.717, 1.165) is 23.5 Å². The highest BCUT2D eigenvalue weighted by Gasteiger charge is 2.17. The second-order valence-corrected chi connectivity index (χ2v) is 7.63. The highest BCUT2D eigenvalue weighted by molar-refractivity contribution is 7.99. The van der Waals surface area contributed by atoms with Crippen LogP contribution in [0.2, 0.25) is 0 Å². The average molecular weight is 302 g/mol. The van der Waals surface area contributed by atoms with Gasteiger partial charge in [0.25, 0.3) is 0 Å². The molecule has 3 N–H and O–H groups in total. The van der Waals surface area contributed by atoms with E-state index in [1.165, 1.54) is 6.07 Å². The zero-order chi connectivity index (χ0) is 14.5. The third-order valence-electron chi connectivity index (χ3n) is 2.81. The Morgan fingerprint density at radius 1 is 1.42 bits per heavy atom. The van der Waals surface area contributed by atoms with Crippen molar-refractivity contribution in [3.8, 4) is 0 Å². The van der Waals surface area contributed by atoms with Gasteiger partial charge in [0, 0.05) is 11.7 Å². The molecule has 0 heterocycles. The molecule has 1 atom stereocenters. The first-order valence-electron chi connectivity index (χ1n) is 6.33. The first-order valence-corrected chi connectivity index (χ1v) is 8.96. The fourth-order valence-electron chi connectivity index (χ4n) is 1.61. The molecule has 0 aliphatic carbocycles. The van der Waals surface area contributed by atoms with Gasteiger partial charge in [-0.15, -0.1) is 0 Å². The Labute approximate surface area is 120 Å². The summed E-state index contributed by atoms with van der Waals surface area (Å²) in [5.74, 6) is 2.01. The van der Waals surface area contributed by atoms with E-state index in [1.807, 2.05) is 18.7 Å². The minimum absolute atomic E-state index is 0.0677. The van der Waals surface area contributed by atoms with E-state index in [-0.39, 0.29) is 10.9 Å². The number of hydrogen-bond acceptors (Lipinski definition) is 4. The first-order chi connectivity index (χ1) is 8.86. The summed E-state index contributed by atoms with van der Waals surface area (Å²) in [5, 5.41) is 0. The number of benzene rings is 1. The van der Waals surface area contributed by atoms with Crippen molar-refractivity contribution in [2.75, 3.05) is 17.2 Å². The SMILES string of the molecule is CCSCCC(C)NS(=O)(=O)c1ccc(N)c(C)c1. The Bertz CT molecular complexity index is 515. The van der Waals surface area contributed by atoms with Crippen LogP contribution in [0.15, 0.2) is 23.1 Å². The van der Waals surface area contributed by atoms with Gasteiger partial charge in [0.05, 0.1) is 4.90 Å². The summed E-state index contributed by atoms with van der Waals surface area (Å²) in [6, 6.07) is 4.70. The molecule has 0 amide bonds. The second-order valence-electron chi connectivity index (χ2n) is 4.53. The van der Waals surface area contributed by atoms with Crippen LogP contribution < -0.4 is 10.5 Å². The molecule has 1 aromatic carbocycles. The number of anilines is 1. The summed E-state index contributed by atoms with van der Waals surface area (Å²) in [5.41, 5.74) is 7.07. The topological polar surface area (TPSA) is 72.2 Å².